The molecule has 0 aliphatic heterocycles. The van der Waals surface area contributed by atoms with Crippen LogP contribution in [0.15, 0.2) is 45.9 Å². The molecule has 1 aromatic heterocycles. The third-order valence-electron chi connectivity index (χ3n) is 2.58. The summed E-state index contributed by atoms with van der Waals surface area (Å²) < 4.78 is 67.8. The summed E-state index contributed by atoms with van der Waals surface area (Å²) >= 11 is 0. The molecule has 24 heavy (non-hydrogen) atoms. The fraction of sp³-hybridized carbons (Fsp3) is 0.154. The van der Waals surface area contributed by atoms with Gasteiger partial charge in [0.1, 0.15) is 5.75 Å². The lowest BCUT2D eigenvalue weighted by Crippen LogP contribution is -2.19. The highest BCUT2D eigenvalue weighted by molar-refractivity contribution is 7.89. The number of hydrogen-bond acceptors (Lipinski definition) is 5. The van der Waals surface area contributed by atoms with E-state index in [0.717, 1.165) is 12.1 Å². The van der Waals surface area contributed by atoms with Crippen LogP contribution in [0.5, 0.6) is 5.75 Å². The number of benzene rings is 1. The van der Waals surface area contributed by atoms with Gasteiger partial charge in [0.2, 0.25) is 5.09 Å². The Balaban J connectivity index is 2.08. The molecule has 0 bridgehead atoms. The number of hydrogen-bond donors (Lipinski definition) is 2. The molecule has 0 aliphatic rings. The molecule has 0 fully saturated rings. The van der Waals surface area contributed by atoms with Gasteiger partial charge in [0.15, 0.2) is 12.4 Å². The summed E-state index contributed by atoms with van der Waals surface area (Å²) in [5, 5.41) is 6.59. The lowest BCUT2D eigenvalue weighted by Gasteiger charge is -2.10. The summed E-state index contributed by atoms with van der Waals surface area (Å²) in [4.78, 5) is 11.9. The zero-order valence-electron chi connectivity index (χ0n) is 11.8. The van der Waals surface area contributed by atoms with Gasteiger partial charge in [-0.2, -0.15) is 13.2 Å². The van der Waals surface area contributed by atoms with Gasteiger partial charge in [0, 0.05) is 11.8 Å². The van der Waals surface area contributed by atoms with E-state index in [-0.39, 0.29) is 17.2 Å². The number of ether oxygens (including phenoxy) is 1. The summed E-state index contributed by atoms with van der Waals surface area (Å²) in [6.45, 7) is -1.47. The van der Waals surface area contributed by atoms with Gasteiger partial charge >= 0.3 is 6.18 Å². The van der Waals surface area contributed by atoms with E-state index in [1.165, 1.54) is 24.3 Å². The molecule has 0 radical (unpaired) electrons. The Labute approximate surface area is 134 Å². The number of furan rings is 1. The van der Waals surface area contributed by atoms with Gasteiger partial charge < -0.3 is 14.5 Å². The minimum atomic E-state index is -4.49. The Hall–Kier alpha value is -2.53. The molecule has 0 atom stereocenters. The largest absolute Gasteiger partial charge is 0.484 e. The topological polar surface area (TPSA) is 112 Å². The molecule has 1 aromatic carbocycles. The average molecular weight is 364 g/mol. The van der Waals surface area contributed by atoms with Gasteiger partial charge in [-0.1, -0.05) is 6.07 Å². The molecular weight excluding hydrogens is 353 g/mol. The highest BCUT2D eigenvalue weighted by Gasteiger charge is 2.28. The zero-order valence-corrected chi connectivity index (χ0v) is 12.6. The summed E-state index contributed by atoms with van der Waals surface area (Å²) in [6, 6.07) is 7.34. The first-order chi connectivity index (χ1) is 11.0. The Morgan fingerprint density at radius 2 is 1.96 bits per heavy atom. The van der Waals surface area contributed by atoms with Crippen LogP contribution in [-0.2, 0) is 10.0 Å². The molecule has 0 unspecified atom stereocenters. The number of primary sulfonamides is 1. The Kier molecular flexibility index (Phi) is 4.85. The average Bonchev–Trinajstić information content (AvgIpc) is 2.95. The molecule has 11 heteroatoms. The van der Waals surface area contributed by atoms with Crippen LogP contribution in [0.2, 0.25) is 0 Å². The lowest BCUT2D eigenvalue weighted by atomic mass is 10.3. The fourth-order valence-electron chi connectivity index (χ4n) is 1.62. The van der Waals surface area contributed by atoms with E-state index in [9.17, 15) is 26.4 Å². The second-order valence-electron chi connectivity index (χ2n) is 4.55. The standard InChI is InChI=1S/C13H11F3N2O5S/c14-13(15,16)7-22-9-3-1-2-8(6-9)18-12(19)10-4-5-11(23-10)24(17,20)21/h1-6H,7H2,(H,18,19)(H2,17,20,21). The second kappa shape index (κ2) is 6.53. The van der Waals surface area contributed by atoms with Crippen LogP contribution < -0.4 is 15.2 Å². The SMILES string of the molecule is NS(=O)(=O)c1ccc(C(=O)Nc2cccc(OCC(F)(F)F)c2)o1. The van der Waals surface area contributed by atoms with Crippen molar-refractivity contribution in [2.45, 2.75) is 11.3 Å². The fourth-order valence-corrected chi connectivity index (χ4v) is 2.08. The van der Waals surface area contributed by atoms with Gasteiger partial charge in [0.25, 0.3) is 15.9 Å². The molecule has 3 N–H and O–H groups in total. The van der Waals surface area contributed by atoms with Crippen LogP contribution in [0.25, 0.3) is 0 Å². The second-order valence-corrected chi connectivity index (χ2v) is 6.04. The van der Waals surface area contributed by atoms with Crippen molar-refractivity contribution in [2.75, 3.05) is 11.9 Å². The molecule has 1 amide bonds. The van der Waals surface area contributed by atoms with E-state index in [2.05, 4.69) is 10.1 Å². The van der Waals surface area contributed by atoms with Crippen LogP contribution in [0, 0.1) is 0 Å². The third-order valence-corrected chi connectivity index (χ3v) is 3.36. The monoisotopic (exact) mass is 364 g/mol. The minimum absolute atomic E-state index is 0.102. The van der Waals surface area contributed by atoms with Crippen molar-refractivity contribution in [3.8, 4) is 5.75 Å². The van der Waals surface area contributed by atoms with Crippen molar-refractivity contribution in [3.63, 3.8) is 0 Å². The van der Waals surface area contributed by atoms with E-state index in [4.69, 9.17) is 9.56 Å². The van der Waals surface area contributed by atoms with E-state index in [1.807, 2.05) is 0 Å². The minimum Gasteiger partial charge on any atom is -0.484 e. The molecule has 2 rings (SSSR count). The first kappa shape index (κ1) is 17.8. The van der Waals surface area contributed by atoms with Gasteiger partial charge in [-0.15, -0.1) is 0 Å². The molecule has 7 nitrogen and oxygen atoms in total. The van der Waals surface area contributed by atoms with Crippen molar-refractivity contribution >= 4 is 21.6 Å². The number of rotatable bonds is 5. The van der Waals surface area contributed by atoms with Crippen molar-refractivity contribution in [1.82, 2.24) is 0 Å². The molecule has 2 aromatic rings. The van der Waals surface area contributed by atoms with E-state index < -0.39 is 33.8 Å². The van der Waals surface area contributed by atoms with E-state index in [1.54, 1.807) is 0 Å². The number of nitrogens with one attached hydrogen (secondary N) is 1. The van der Waals surface area contributed by atoms with E-state index >= 15 is 0 Å². The molecule has 0 saturated heterocycles. The van der Waals surface area contributed by atoms with Gasteiger partial charge in [-0.3, -0.25) is 4.79 Å². The molecule has 0 spiro atoms. The summed E-state index contributed by atoms with van der Waals surface area (Å²) in [5.41, 5.74) is 0.133. The lowest BCUT2D eigenvalue weighted by molar-refractivity contribution is -0.153. The predicted molar refractivity (Wildman–Crippen MR) is 76.0 cm³/mol. The molecule has 130 valence electrons. The Morgan fingerprint density at radius 3 is 2.54 bits per heavy atom. The van der Waals surface area contributed by atoms with Crippen LogP contribution in [-0.4, -0.2) is 27.1 Å². The van der Waals surface area contributed by atoms with E-state index in [0.29, 0.717) is 0 Å². The molecule has 0 aliphatic carbocycles. The van der Waals surface area contributed by atoms with Crippen molar-refractivity contribution in [3.05, 3.63) is 42.2 Å². The van der Waals surface area contributed by atoms with Crippen LogP contribution in [0.3, 0.4) is 0 Å². The predicted octanol–water partition coefficient (Wildman–Crippen LogP) is 2.12. The van der Waals surface area contributed by atoms with Crippen molar-refractivity contribution in [1.29, 1.82) is 0 Å². The summed E-state index contributed by atoms with van der Waals surface area (Å²) in [7, 11) is -4.09. The normalized spacial score (nSPS) is 12.0. The van der Waals surface area contributed by atoms with Crippen LogP contribution in [0.1, 0.15) is 10.6 Å². The molecular formula is C13H11F3N2O5S. The van der Waals surface area contributed by atoms with Gasteiger partial charge in [-0.25, -0.2) is 13.6 Å². The molecule has 1 heterocycles. The number of nitrogens with two attached hydrogens (primary N) is 1. The number of halogens is 3. The number of anilines is 1. The first-order valence-corrected chi connectivity index (χ1v) is 7.83. The van der Waals surface area contributed by atoms with Gasteiger partial charge in [0.05, 0.1) is 0 Å². The number of carbonyl (C=O) groups excluding carboxylic acids is 1. The third kappa shape index (κ3) is 4.99. The Bertz CT molecular complexity index is 845. The Morgan fingerprint density at radius 1 is 1.25 bits per heavy atom. The maximum atomic E-state index is 12.1. The number of carbonyl (C=O) groups is 1. The quantitative estimate of drug-likeness (QED) is 0.844. The highest BCUT2D eigenvalue weighted by atomic mass is 32.2. The zero-order chi connectivity index (χ0) is 18.0. The maximum absolute atomic E-state index is 12.1. The smallest absolute Gasteiger partial charge is 0.422 e. The van der Waals surface area contributed by atoms with Crippen LogP contribution in [0.4, 0.5) is 18.9 Å². The number of alkyl halides is 3. The first-order valence-electron chi connectivity index (χ1n) is 6.28. The number of sulfonamides is 1. The number of amides is 1. The summed E-state index contributed by atoms with van der Waals surface area (Å²) in [5.74, 6) is -1.24. The van der Waals surface area contributed by atoms with Gasteiger partial charge in [-0.05, 0) is 24.3 Å². The summed E-state index contributed by atoms with van der Waals surface area (Å²) in [6.07, 6.45) is -4.49. The van der Waals surface area contributed by atoms with Crippen LogP contribution >= 0.6 is 0 Å². The van der Waals surface area contributed by atoms with Crippen molar-refractivity contribution < 1.29 is 35.5 Å². The molecule has 0 saturated carbocycles. The highest BCUT2D eigenvalue weighted by Crippen LogP contribution is 2.22. The maximum Gasteiger partial charge on any atom is 0.422 e. The van der Waals surface area contributed by atoms with Crippen molar-refractivity contribution in [2.24, 2.45) is 5.14 Å².